The minimum atomic E-state index is -0.897. The molecule has 3 atom stereocenters. The van der Waals surface area contributed by atoms with Crippen LogP contribution in [-0.2, 0) is 20.9 Å². The maximum absolute atomic E-state index is 14.0. The van der Waals surface area contributed by atoms with E-state index in [1.54, 1.807) is 30.3 Å². The van der Waals surface area contributed by atoms with Gasteiger partial charge in [-0.25, -0.2) is 4.90 Å². The highest BCUT2D eigenvalue weighted by atomic mass is 32.2. The van der Waals surface area contributed by atoms with Gasteiger partial charge in [0.2, 0.25) is 17.7 Å². The van der Waals surface area contributed by atoms with Crippen LogP contribution in [0.4, 0.5) is 17.1 Å². The van der Waals surface area contributed by atoms with Gasteiger partial charge in [-0.1, -0.05) is 65.6 Å². The Morgan fingerprint density at radius 3 is 2.35 bits per heavy atom. The van der Waals surface area contributed by atoms with Gasteiger partial charge in [0, 0.05) is 28.6 Å². The number of rotatable bonds is 7. The van der Waals surface area contributed by atoms with Crippen molar-refractivity contribution in [2.24, 2.45) is 5.92 Å². The Hall–Kier alpha value is -5.27. The number of non-ortho nitro benzene ring substituents is 1. The molecule has 3 heterocycles. The van der Waals surface area contributed by atoms with Crippen LogP contribution in [0.1, 0.15) is 16.4 Å². The van der Waals surface area contributed by atoms with E-state index in [1.807, 2.05) is 36.4 Å². The number of hydrogen-bond acceptors (Lipinski definition) is 9. The summed E-state index contributed by atoms with van der Waals surface area (Å²) in [5.74, 6) is -2.29. The summed E-state index contributed by atoms with van der Waals surface area (Å²) < 4.78 is 6.68. The topological polar surface area (TPSA) is 141 Å². The summed E-state index contributed by atoms with van der Waals surface area (Å²) in [6.45, 7) is -0.286. The van der Waals surface area contributed by atoms with E-state index in [2.05, 4.69) is 5.32 Å². The molecule has 0 aliphatic carbocycles. The molecule has 1 saturated heterocycles. The van der Waals surface area contributed by atoms with Crippen LogP contribution in [0.5, 0.6) is 5.75 Å². The zero-order valence-corrected chi connectivity index (χ0v) is 25.7. The predicted molar refractivity (Wildman–Crippen MR) is 175 cm³/mol. The van der Waals surface area contributed by atoms with Crippen LogP contribution in [0.25, 0.3) is 10.8 Å². The Labute approximate surface area is 269 Å². The van der Waals surface area contributed by atoms with Crippen LogP contribution >= 0.6 is 23.1 Å². The summed E-state index contributed by atoms with van der Waals surface area (Å²) in [5, 5.41) is 15.6. The van der Waals surface area contributed by atoms with Crippen LogP contribution in [0.2, 0.25) is 0 Å². The van der Waals surface area contributed by atoms with Gasteiger partial charge in [0.1, 0.15) is 17.5 Å². The van der Waals surface area contributed by atoms with Gasteiger partial charge in [-0.2, -0.15) is 0 Å². The van der Waals surface area contributed by atoms with Gasteiger partial charge in [0.15, 0.2) is 0 Å². The number of nitrogens with one attached hydrogen (secondary N) is 1. The molecule has 0 radical (unpaired) electrons. The normalized spacial score (nSPS) is 18.7. The van der Waals surface area contributed by atoms with E-state index in [1.165, 1.54) is 35.9 Å². The molecule has 0 saturated carbocycles. The minimum absolute atomic E-state index is 0.168. The van der Waals surface area contributed by atoms with Crippen molar-refractivity contribution in [3.8, 4) is 5.75 Å². The number of nitro benzene ring substituents is 1. The fourth-order valence-electron chi connectivity index (χ4n) is 6.01. The van der Waals surface area contributed by atoms with E-state index in [4.69, 9.17) is 4.74 Å². The molecule has 1 aromatic heterocycles. The average Bonchev–Trinajstić information content (AvgIpc) is 3.50. The highest BCUT2D eigenvalue weighted by Crippen LogP contribution is 2.54. The summed E-state index contributed by atoms with van der Waals surface area (Å²) in [5.41, 5.74) is 1.34. The molecule has 4 aromatic carbocycles. The van der Waals surface area contributed by atoms with E-state index >= 15 is 0 Å². The number of nitro groups is 1. The number of imide groups is 1. The van der Waals surface area contributed by atoms with Crippen molar-refractivity contribution >= 4 is 68.7 Å². The molecule has 1 N–H and O–H groups in total. The molecular formula is C33H24N4O7S2. The van der Waals surface area contributed by atoms with Gasteiger partial charge in [0.05, 0.1) is 28.7 Å². The second kappa shape index (κ2) is 11.6. The number of carbonyl (C=O) groups excluding carboxylic acids is 3. The van der Waals surface area contributed by atoms with Crippen molar-refractivity contribution in [1.29, 1.82) is 0 Å². The lowest BCUT2D eigenvalue weighted by Crippen LogP contribution is -2.33. The number of nitrogens with zero attached hydrogens (tertiary/aromatic N) is 3. The average molecular weight is 653 g/mol. The van der Waals surface area contributed by atoms with Crippen molar-refractivity contribution in [3.05, 3.63) is 121 Å². The van der Waals surface area contributed by atoms with Gasteiger partial charge < -0.3 is 10.1 Å². The van der Waals surface area contributed by atoms with Gasteiger partial charge in [-0.05, 0) is 52.7 Å². The van der Waals surface area contributed by atoms with E-state index in [0.29, 0.717) is 26.9 Å². The summed E-state index contributed by atoms with van der Waals surface area (Å²) in [7, 11) is 1.54. The predicted octanol–water partition coefficient (Wildman–Crippen LogP) is 5.41. The summed E-state index contributed by atoms with van der Waals surface area (Å²) in [6, 6.07) is 25.6. The lowest BCUT2D eigenvalue weighted by molar-refractivity contribution is -0.384. The molecule has 2 aliphatic heterocycles. The van der Waals surface area contributed by atoms with Crippen LogP contribution in [0.3, 0.4) is 0 Å². The van der Waals surface area contributed by atoms with Crippen LogP contribution in [0, 0.1) is 16.0 Å². The van der Waals surface area contributed by atoms with Crippen molar-refractivity contribution in [2.45, 2.75) is 22.7 Å². The molecule has 7 rings (SSSR count). The Balaban J connectivity index is 1.25. The number of hydrogen-bond donors (Lipinski definition) is 1. The molecule has 13 heteroatoms. The van der Waals surface area contributed by atoms with Gasteiger partial charge in [0.25, 0.3) is 5.69 Å². The molecule has 5 aromatic rings. The summed E-state index contributed by atoms with van der Waals surface area (Å²) in [4.78, 5) is 66.6. The Kier molecular flexibility index (Phi) is 7.41. The second-order valence-corrected chi connectivity index (χ2v) is 13.0. The molecule has 2 unspecified atom stereocenters. The fourth-order valence-corrected chi connectivity index (χ4v) is 8.79. The van der Waals surface area contributed by atoms with Crippen molar-refractivity contribution in [3.63, 3.8) is 0 Å². The number of thiazole rings is 1. The van der Waals surface area contributed by atoms with Gasteiger partial charge in [-0.15, -0.1) is 0 Å². The highest BCUT2D eigenvalue weighted by molar-refractivity contribution is 8.00. The third-order valence-electron chi connectivity index (χ3n) is 8.18. The number of benzene rings is 4. The molecular weight excluding hydrogens is 629 g/mol. The Morgan fingerprint density at radius 2 is 1.65 bits per heavy atom. The zero-order chi connectivity index (χ0) is 32.1. The molecule has 0 bridgehead atoms. The first-order valence-corrected chi connectivity index (χ1v) is 15.9. The lowest BCUT2D eigenvalue weighted by atomic mass is 9.83. The van der Waals surface area contributed by atoms with Crippen molar-refractivity contribution in [2.75, 3.05) is 17.3 Å². The molecule has 46 heavy (non-hydrogen) atoms. The summed E-state index contributed by atoms with van der Waals surface area (Å²) >= 11 is 2.05. The third kappa shape index (κ3) is 5.03. The third-order valence-corrected chi connectivity index (χ3v) is 10.8. The number of amides is 3. The first-order valence-electron chi connectivity index (χ1n) is 14.2. The molecule has 3 amide bonds. The number of fused-ring (bicyclic) bond motifs is 3. The molecule has 11 nitrogen and oxygen atoms in total. The van der Waals surface area contributed by atoms with E-state index < -0.39 is 39.7 Å². The number of ether oxygens (including phenoxy) is 1. The maximum Gasteiger partial charge on any atom is 0.308 e. The molecule has 2 aliphatic rings. The number of carbonyl (C=O) groups is 3. The lowest BCUT2D eigenvalue weighted by Gasteiger charge is -2.30. The molecule has 230 valence electrons. The number of aromatic nitrogens is 1. The standard InChI is InChI=1S/C33H24N4O7S2/c1-44-24-14-7-19(8-15-24)26-27-28(31(40)36(30(27)39)22-10-12-23(13-11-22)37(42)43)45-32-29(26)46-33(41)35(32)17-25(38)34-21-9-6-18-4-2-3-5-20(18)16-21/h2-16,26-28H,17H2,1H3,(H,34,38)/t26-,27?,28?/m1/s1. The fraction of sp³-hybridized carbons (Fsp3) is 0.152. The summed E-state index contributed by atoms with van der Waals surface area (Å²) in [6.07, 6.45) is 0. The SMILES string of the molecule is COc1ccc([C@H]2c3sc(=O)n(CC(=O)Nc4ccc5ccccc5c4)c3SC3C(=O)N(c4ccc([N+](=O)[O-])cc4)C(=O)C32)cc1. The van der Waals surface area contributed by atoms with Crippen LogP contribution in [-0.4, -0.2) is 39.6 Å². The smallest absolute Gasteiger partial charge is 0.308 e. The number of anilines is 2. The second-order valence-electron chi connectivity index (χ2n) is 10.8. The van der Waals surface area contributed by atoms with Gasteiger partial charge in [-0.3, -0.25) is 33.9 Å². The Bertz CT molecular complexity index is 2110. The highest BCUT2D eigenvalue weighted by Gasteiger charge is 2.56. The Morgan fingerprint density at radius 1 is 0.935 bits per heavy atom. The number of methoxy groups -OCH3 is 1. The van der Waals surface area contributed by atoms with Crippen molar-refractivity contribution in [1.82, 2.24) is 4.57 Å². The zero-order valence-electron chi connectivity index (χ0n) is 24.1. The monoisotopic (exact) mass is 652 g/mol. The van der Waals surface area contributed by atoms with E-state index in [0.717, 1.165) is 38.8 Å². The molecule has 0 spiro atoms. The van der Waals surface area contributed by atoms with Gasteiger partial charge >= 0.3 is 4.87 Å². The van der Waals surface area contributed by atoms with Crippen LogP contribution < -0.4 is 19.8 Å². The van der Waals surface area contributed by atoms with Crippen LogP contribution in [0.15, 0.2) is 101 Å². The quantitative estimate of drug-likeness (QED) is 0.140. The number of thioether (sulfide) groups is 1. The maximum atomic E-state index is 14.0. The molecule has 1 fully saturated rings. The first kappa shape index (κ1) is 29.4. The minimum Gasteiger partial charge on any atom is -0.497 e. The van der Waals surface area contributed by atoms with E-state index in [-0.39, 0.29) is 22.8 Å². The first-order chi connectivity index (χ1) is 22.2. The largest absolute Gasteiger partial charge is 0.497 e. The van der Waals surface area contributed by atoms with Crippen molar-refractivity contribution < 1.29 is 24.0 Å². The van der Waals surface area contributed by atoms with E-state index in [9.17, 15) is 29.3 Å².